The Kier molecular flexibility index (Phi) is 0.708. The van der Waals surface area contributed by atoms with E-state index in [4.69, 9.17) is 25.6 Å². The average Bonchev–Trinajstić information content (AvgIpc) is 2.87. The zero-order chi connectivity index (χ0) is 15.6. The van der Waals surface area contributed by atoms with Gasteiger partial charge in [-0.25, -0.2) is 0 Å². The molecule has 0 aliphatic carbocycles. The molecule has 0 aliphatic heterocycles. The minimum atomic E-state index is -0.452. The first-order valence-electron chi connectivity index (χ1n) is 7.35. The summed E-state index contributed by atoms with van der Waals surface area (Å²) in [6, 6.07) is -2.77. The van der Waals surface area contributed by atoms with E-state index in [1.54, 1.807) is 0 Å². The van der Waals surface area contributed by atoms with E-state index in [-0.39, 0.29) is 51.1 Å². The van der Waals surface area contributed by atoms with Gasteiger partial charge in [0.15, 0.2) is 0 Å². The van der Waals surface area contributed by atoms with E-state index < -0.39 is 18.1 Å². The molecule has 68 valence electrons. The summed E-state index contributed by atoms with van der Waals surface area (Å²) in [5.41, 5.74) is -0.237. The first-order chi connectivity index (χ1) is 9.77. The quantitative estimate of drug-likeness (QED) is 0.540. The molecule has 0 spiro atoms. The Labute approximate surface area is 95.7 Å². The highest BCUT2D eigenvalue weighted by atomic mass is 35.5. The third kappa shape index (κ3) is 0.962. The van der Waals surface area contributed by atoms with Crippen LogP contribution in [0.5, 0.6) is 0 Å². The van der Waals surface area contributed by atoms with Crippen LogP contribution in [0.4, 0.5) is 0 Å². The molecule has 1 heterocycles. The van der Waals surface area contributed by atoms with Gasteiger partial charge in [0.05, 0.1) is 14.6 Å². The van der Waals surface area contributed by atoms with Crippen LogP contribution in [0.25, 0.3) is 21.9 Å². The van der Waals surface area contributed by atoms with Crippen LogP contribution in [0, 0.1) is 0 Å². The van der Waals surface area contributed by atoms with Gasteiger partial charge >= 0.3 is 0 Å². The number of fused-ring (bicyclic) bond motifs is 3. The van der Waals surface area contributed by atoms with Crippen LogP contribution in [0.2, 0.25) is 5.02 Å². The summed E-state index contributed by atoms with van der Waals surface area (Å²) in [6.07, 6.45) is 0. The summed E-state index contributed by atoms with van der Waals surface area (Å²) in [7, 11) is 0. The fraction of sp³-hybridized carbons (Fsp3) is 0. The number of benzene rings is 2. The zero-order valence-electron chi connectivity index (χ0n) is 13.8. The molecule has 0 aliphatic rings. The number of hydrogen-bond donors (Lipinski definition) is 0. The Bertz CT molecular complexity index is 857. The molecule has 1 aromatic heterocycles. The van der Waals surface area contributed by atoms with Gasteiger partial charge in [-0.1, -0.05) is 35.8 Å². The largest absolute Gasteiger partial charge is 0.456 e. The topological polar surface area (TPSA) is 13.1 Å². The van der Waals surface area contributed by atoms with Crippen molar-refractivity contribution in [3.63, 3.8) is 0 Å². The van der Waals surface area contributed by atoms with Crippen molar-refractivity contribution < 1.29 is 14.0 Å². The molecule has 0 N–H and O–H groups in total. The Morgan fingerprint density at radius 1 is 1.00 bits per heavy atom. The van der Waals surface area contributed by atoms with Crippen molar-refractivity contribution in [2.75, 3.05) is 0 Å². The normalized spacial score (nSPS) is 18.2. The van der Waals surface area contributed by atoms with Crippen molar-refractivity contribution in [3.8, 4) is 0 Å². The minimum absolute atomic E-state index is 0.0306. The first-order valence-corrected chi connectivity index (χ1v) is 4.23. The molecule has 0 amide bonds. The van der Waals surface area contributed by atoms with Crippen molar-refractivity contribution in [1.82, 2.24) is 0 Å². The molecule has 3 rings (SSSR count). The van der Waals surface area contributed by atoms with Gasteiger partial charge in [0.1, 0.15) is 11.2 Å². The van der Waals surface area contributed by atoms with Gasteiger partial charge in [-0.3, -0.25) is 0 Å². The molecule has 0 saturated heterocycles. The molecule has 3 aromatic rings. The molecule has 0 fully saturated rings. The van der Waals surface area contributed by atoms with Crippen LogP contribution in [0.3, 0.4) is 0 Å². The monoisotopic (exact) mass is 209 g/mol. The fourth-order valence-corrected chi connectivity index (χ4v) is 1.55. The summed E-state index contributed by atoms with van der Waals surface area (Å²) in [6.45, 7) is 0. The van der Waals surface area contributed by atoms with Crippen LogP contribution in [-0.4, -0.2) is 0 Å². The zero-order valence-corrected chi connectivity index (χ0v) is 7.54. The van der Waals surface area contributed by atoms with Crippen molar-refractivity contribution in [2.45, 2.75) is 0 Å². The number of rotatable bonds is 0. The lowest BCUT2D eigenvalue weighted by Gasteiger charge is -1.91. The van der Waals surface area contributed by atoms with E-state index in [0.29, 0.717) is 0 Å². The van der Waals surface area contributed by atoms with Gasteiger partial charge < -0.3 is 4.42 Å². The van der Waals surface area contributed by atoms with Crippen LogP contribution < -0.4 is 0 Å². The van der Waals surface area contributed by atoms with E-state index in [2.05, 4.69) is 0 Å². The Morgan fingerprint density at radius 2 is 1.79 bits per heavy atom. The minimum Gasteiger partial charge on any atom is -0.456 e. The van der Waals surface area contributed by atoms with Crippen molar-refractivity contribution >= 4 is 33.5 Å². The van der Waals surface area contributed by atoms with Crippen LogP contribution in [0.15, 0.2) is 46.7 Å². The molecule has 0 unspecified atom stereocenters. The van der Waals surface area contributed by atoms with Gasteiger partial charge in [0.25, 0.3) is 0 Å². The number of furan rings is 1. The predicted molar refractivity (Wildman–Crippen MR) is 58.7 cm³/mol. The second-order valence-corrected chi connectivity index (χ2v) is 3.08. The highest BCUT2D eigenvalue weighted by Crippen LogP contribution is 2.33. The number of para-hydroxylation sites is 1. The molecule has 0 atom stereocenters. The first kappa shape index (κ1) is 3.59. The van der Waals surface area contributed by atoms with E-state index in [1.807, 2.05) is 0 Å². The van der Waals surface area contributed by atoms with Crippen LogP contribution >= 0.6 is 11.6 Å². The Morgan fingerprint density at radius 3 is 2.71 bits per heavy atom. The highest BCUT2D eigenvalue weighted by molar-refractivity contribution is 6.37. The molecule has 0 radical (unpaired) electrons. The predicted octanol–water partition coefficient (Wildman–Crippen LogP) is 4.24. The van der Waals surface area contributed by atoms with Crippen molar-refractivity contribution in [1.29, 1.82) is 0 Å². The van der Waals surface area contributed by atoms with Crippen LogP contribution in [-0.2, 0) is 0 Å². The second kappa shape index (κ2) is 2.76. The van der Waals surface area contributed by atoms with Gasteiger partial charge in [0.2, 0.25) is 0 Å². The second-order valence-electron chi connectivity index (χ2n) is 2.70. The van der Waals surface area contributed by atoms with E-state index >= 15 is 0 Å². The fourth-order valence-electron chi connectivity index (χ4n) is 1.32. The summed E-state index contributed by atoms with van der Waals surface area (Å²) in [4.78, 5) is 0. The van der Waals surface area contributed by atoms with E-state index in [0.717, 1.165) is 0 Å². The van der Waals surface area contributed by atoms with E-state index in [9.17, 15) is 0 Å². The standard InChI is InChI=1S/C12H7ClO/c13-9-5-3-7-11-12(9)8-4-1-2-6-10(8)14-11/h1-7H/i1D,2D,3D,4D,5D,6D,7D. The average molecular weight is 210 g/mol. The maximum Gasteiger partial charge on any atom is 0.136 e. The van der Waals surface area contributed by atoms with E-state index in [1.165, 1.54) is 0 Å². The maximum atomic E-state index is 7.94. The van der Waals surface area contributed by atoms with Crippen LogP contribution in [0.1, 0.15) is 9.60 Å². The maximum absolute atomic E-state index is 7.94. The summed E-state index contributed by atoms with van der Waals surface area (Å²) in [5.74, 6) is 0. The lowest BCUT2D eigenvalue weighted by Crippen LogP contribution is -1.67. The van der Waals surface area contributed by atoms with Gasteiger partial charge in [0, 0.05) is 10.8 Å². The SMILES string of the molecule is [2H]c1c([2H])c([2H])c2c(oc3c([2H])c([2H])c([2H])c(Cl)c32)c1[2H]. The third-order valence-corrected chi connectivity index (χ3v) is 2.19. The number of halogens is 1. The summed E-state index contributed by atoms with van der Waals surface area (Å²) >= 11 is 6.04. The number of hydrogen-bond acceptors (Lipinski definition) is 1. The third-order valence-electron chi connectivity index (χ3n) is 1.90. The van der Waals surface area contributed by atoms with Gasteiger partial charge in [-0.15, -0.1) is 0 Å². The molecule has 1 nitrogen and oxygen atoms in total. The van der Waals surface area contributed by atoms with Crippen molar-refractivity contribution in [3.05, 3.63) is 47.3 Å². The lowest BCUT2D eigenvalue weighted by molar-refractivity contribution is 0.669. The molecule has 0 saturated carbocycles. The van der Waals surface area contributed by atoms with Crippen molar-refractivity contribution in [2.24, 2.45) is 0 Å². The lowest BCUT2D eigenvalue weighted by atomic mass is 10.1. The summed E-state index contributed by atoms with van der Waals surface area (Å²) < 4.78 is 59.6. The van der Waals surface area contributed by atoms with Gasteiger partial charge in [-0.05, 0) is 18.1 Å². The Balaban J connectivity index is 2.73. The smallest absolute Gasteiger partial charge is 0.136 e. The Hall–Kier alpha value is -1.47. The summed E-state index contributed by atoms with van der Waals surface area (Å²) in [5, 5.41) is -0.0533. The molecular weight excluding hydrogens is 196 g/mol. The molecule has 2 heteroatoms. The molecule has 14 heavy (non-hydrogen) atoms. The highest BCUT2D eigenvalue weighted by Gasteiger charge is 2.07. The van der Waals surface area contributed by atoms with Gasteiger partial charge in [-0.2, -0.15) is 0 Å². The molecular formula is C12H7ClO. The molecule has 0 bridgehead atoms. The molecule has 2 aromatic carbocycles.